The molecule has 0 saturated carbocycles. The first-order chi connectivity index (χ1) is 15.4. The zero-order valence-corrected chi connectivity index (χ0v) is 20.2. The van der Waals surface area contributed by atoms with Crippen molar-refractivity contribution in [3.8, 4) is 0 Å². The molecule has 0 aliphatic carbocycles. The smallest absolute Gasteiger partial charge is 0.267 e. The van der Waals surface area contributed by atoms with Crippen molar-refractivity contribution >= 4 is 45.9 Å². The van der Waals surface area contributed by atoms with E-state index in [0.717, 1.165) is 34.0 Å². The Morgan fingerprint density at radius 2 is 1.06 bits per heavy atom. The average Bonchev–Trinajstić information content (AvgIpc) is 3.50. The van der Waals surface area contributed by atoms with Gasteiger partial charge in [0.2, 0.25) is 0 Å². The van der Waals surface area contributed by atoms with Gasteiger partial charge in [0.05, 0.1) is 21.2 Å². The molecule has 6 nitrogen and oxygen atoms in total. The number of amides is 2. The third kappa shape index (κ3) is 5.99. The van der Waals surface area contributed by atoms with Crippen LogP contribution in [0.15, 0.2) is 58.7 Å². The number of carbonyl (C=O) groups excluding carboxylic acids is 2. The predicted molar refractivity (Wildman–Crippen MR) is 133 cm³/mol. The zero-order chi connectivity index (χ0) is 23.1. The Hall–Kier alpha value is -3.10. The summed E-state index contributed by atoms with van der Waals surface area (Å²) in [5.74, 6) is -0.663. The summed E-state index contributed by atoms with van der Waals surface area (Å²) in [5, 5.41) is 8.39. The lowest BCUT2D eigenvalue weighted by molar-refractivity contribution is 0.0943. The van der Waals surface area contributed by atoms with Crippen LogP contribution in [-0.4, -0.2) is 23.2 Å². The minimum Gasteiger partial charge on any atom is -0.267 e. The van der Waals surface area contributed by atoms with Crippen molar-refractivity contribution in [3.05, 3.63) is 79.2 Å². The molecule has 0 aliphatic rings. The number of hydrogen-bond donors (Lipinski definition) is 2. The molecule has 2 heterocycles. The molecule has 0 bridgehead atoms. The van der Waals surface area contributed by atoms with Gasteiger partial charge < -0.3 is 0 Å². The first-order valence-electron chi connectivity index (χ1n) is 10.4. The lowest BCUT2D eigenvalue weighted by atomic mass is 10.1. The molecule has 0 fully saturated rings. The van der Waals surface area contributed by atoms with E-state index in [0.29, 0.717) is 11.1 Å². The van der Waals surface area contributed by atoms with Crippen molar-refractivity contribution in [2.45, 2.75) is 40.5 Å². The van der Waals surface area contributed by atoms with Crippen LogP contribution < -0.4 is 10.9 Å². The minimum atomic E-state index is -0.332. The van der Waals surface area contributed by atoms with Crippen LogP contribution >= 0.6 is 22.7 Å². The summed E-state index contributed by atoms with van der Waals surface area (Å²) in [6.45, 7) is 7.93. The van der Waals surface area contributed by atoms with E-state index in [4.69, 9.17) is 0 Å². The van der Waals surface area contributed by atoms with E-state index in [9.17, 15) is 9.59 Å². The van der Waals surface area contributed by atoms with Gasteiger partial charge in [0.1, 0.15) is 0 Å². The number of hydrogen-bond acceptors (Lipinski definition) is 6. The maximum Gasteiger partial charge on any atom is 0.271 e. The van der Waals surface area contributed by atoms with Gasteiger partial charge in [-0.05, 0) is 75.2 Å². The summed E-state index contributed by atoms with van der Waals surface area (Å²) >= 11 is 3.33. The maximum atomic E-state index is 12.4. The monoisotopic (exact) mass is 466 g/mol. The van der Waals surface area contributed by atoms with Crippen LogP contribution in [0.25, 0.3) is 0 Å². The molecule has 2 amide bonds. The molecule has 0 spiro atoms. The molecular formula is C24H26N4O2S2. The van der Waals surface area contributed by atoms with E-state index in [1.807, 2.05) is 26.0 Å². The number of benzene rings is 1. The second-order valence-electron chi connectivity index (χ2n) is 7.09. The molecule has 0 radical (unpaired) electrons. The number of rotatable bonds is 8. The van der Waals surface area contributed by atoms with Crippen LogP contribution in [0.3, 0.4) is 0 Å². The number of nitrogens with one attached hydrogen (secondary N) is 2. The van der Waals surface area contributed by atoms with Crippen LogP contribution in [-0.2, 0) is 12.8 Å². The quantitative estimate of drug-likeness (QED) is 0.351. The lowest BCUT2D eigenvalue weighted by Gasteiger charge is -2.04. The van der Waals surface area contributed by atoms with Crippen LogP contribution in [0.5, 0.6) is 0 Å². The molecule has 32 heavy (non-hydrogen) atoms. The SMILES string of the molecule is CCc1ccc(/C(C)=N/NC(=O)c2ccc(C(=O)N/N=C(\C)c3ccc(CC)s3)cc2)s1. The molecule has 2 N–H and O–H groups in total. The highest BCUT2D eigenvalue weighted by Crippen LogP contribution is 2.18. The molecular weight excluding hydrogens is 440 g/mol. The zero-order valence-electron chi connectivity index (χ0n) is 18.6. The van der Waals surface area contributed by atoms with E-state index >= 15 is 0 Å². The molecule has 0 saturated heterocycles. The number of carbonyl (C=O) groups is 2. The van der Waals surface area contributed by atoms with Gasteiger partial charge in [-0.1, -0.05) is 13.8 Å². The van der Waals surface area contributed by atoms with Gasteiger partial charge in [-0.2, -0.15) is 10.2 Å². The number of hydrazone groups is 2. The largest absolute Gasteiger partial charge is 0.271 e. The Kier molecular flexibility index (Phi) is 8.08. The highest BCUT2D eigenvalue weighted by Gasteiger charge is 2.10. The van der Waals surface area contributed by atoms with Gasteiger partial charge >= 0.3 is 0 Å². The Labute approximate surface area is 196 Å². The van der Waals surface area contributed by atoms with Crippen molar-refractivity contribution in [1.29, 1.82) is 0 Å². The molecule has 166 valence electrons. The number of nitrogens with zero attached hydrogens (tertiary/aromatic N) is 2. The Balaban J connectivity index is 1.58. The fourth-order valence-corrected chi connectivity index (χ4v) is 4.59. The van der Waals surface area contributed by atoms with Crippen LogP contribution in [0.1, 0.15) is 67.9 Å². The lowest BCUT2D eigenvalue weighted by Crippen LogP contribution is -2.21. The highest BCUT2D eigenvalue weighted by molar-refractivity contribution is 7.14. The van der Waals surface area contributed by atoms with Crippen LogP contribution in [0, 0.1) is 0 Å². The van der Waals surface area contributed by atoms with Crippen molar-refractivity contribution in [2.75, 3.05) is 0 Å². The summed E-state index contributed by atoms with van der Waals surface area (Å²) in [6.07, 6.45) is 1.95. The van der Waals surface area contributed by atoms with Crippen molar-refractivity contribution in [3.63, 3.8) is 0 Å². The molecule has 3 aromatic rings. The molecule has 2 aromatic heterocycles. The van der Waals surface area contributed by atoms with E-state index < -0.39 is 0 Å². The third-order valence-electron chi connectivity index (χ3n) is 4.79. The number of thiophene rings is 2. The van der Waals surface area contributed by atoms with Crippen molar-refractivity contribution in [1.82, 2.24) is 10.9 Å². The van der Waals surface area contributed by atoms with Crippen LogP contribution in [0.2, 0.25) is 0 Å². The van der Waals surface area contributed by atoms with Crippen molar-refractivity contribution < 1.29 is 9.59 Å². The van der Waals surface area contributed by atoms with Gasteiger partial charge in [0.25, 0.3) is 11.8 Å². The first kappa shape index (κ1) is 23.6. The molecule has 0 aliphatic heterocycles. The van der Waals surface area contributed by atoms with E-state index in [1.54, 1.807) is 46.9 Å². The molecule has 0 unspecified atom stereocenters. The second-order valence-corrected chi connectivity index (χ2v) is 9.43. The Bertz CT molecular complexity index is 1070. The van der Waals surface area contributed by atoms with Gasteiger partial charge in [-0.15, -0.1) is 22.7 Å². The predicted octanol–water partition coefficient (Wildman–Crippen LogP) is 5.24. The first-order valence-corrected chi connectivity index (χ1v) is 12.0. The van der Waals surface area contributed by atoms with E-state index in [2.05, 4.69) is 47.0 Å². The second kappa shape index (κ2) is 11.0. The fraction of sp³-hybridized carbons (Fsp3) is 0.250. The summed E-state index contributed by atoms with van der Waals surface area (Å²) in [5.41, 5.74) is 7.49. The summed E-state index contributed by atoms with van der Waals surface area (Å²) < 4.78 is 0. The van der Waals surface area contributed by atoms with Gasteiger partial charge in [0, 0.05) is 20.9 Å². The molecule has 8 heteroatoms. The van der Waals surface area contributed by atoms with Crippen LogP contribution in [0.4, 0.5) is 0 Å². The summed E-state index contributed by atoms with van der Waals surface area (Å²) in [6, 6.07) is 14.5. The molecule has 3 rings (SSSR count). The third-order valence-corrected chi connectivity index (χ3v) is 7.47. The maximum absolute atomic E-state index is 12.4. The van der Waals surface area contributed by atoms with E-state index in [1.165, 1.54) is 9.75 Å². The molecule has 1 aromatic carbocycles. The average molecular weight is 467 g/mol. The summed E-state index contributed by atoms with van der Waals surface area (Å²) in [7, 11) is 0. The number of aryl methyl sites for hydroxylation is 2. The van der Waals surface area contributed by atoms with Gasteiger partial charge in [-0.25, -0.2) is 10.9 Å². The highest BCUT2D eigenvalue weighted by atomic mass is 32.1. The topological polar surface area (TPSA) is 82.9 Å². The summed E-state index contributed by atoms with van der Waals surface area (Å²) in [4.78, 5) is 29.4. The van der Waals surface area contributed by atoms with Crippen molar-refractivity contribution in [2.24, 2.45) is 10.2 Å². The van der Waals surface area contributed by atoms with E-state index in [-0.39, 0.29) is 11.8 Å². The Morgan fingerprint density at radius 1 is 0.688 bits per heavy atom. The minimum absolute atomic E-state index is 0.332. The van der Waals surface area contributed by atoms with Gasteiger partial charge in [-0.3, -0.25) is 9.59 Å². The fourth-order valence-electron chi connectivity index (χ4n) is 2.81. The Morgan fingerprint density at radius 3 is 1.38 bits per heavy atom. The standard InChI is InChI=1S/C24H26N4O2S2/c1-5-19-11-13-21(31-19)15(3)25-27-23(29)17-7-9-18(10-8-17)24(30)28-26-16(4)22-14-12-20(6-2)32-22/h7-14H,5-6H2,1-4H3,(H,27,29)(H,28,30)/b25-15+,26-16+. The normalized spacial score (nSPS) is 12.0. The van der Waals surface area contributed by atoms with Gasteiger partial charge in [0.15, 0.2) is 0 Å². The molecule has 0 atom stereocenters.